The van der Waals surface area contributed by atoms with Gasteiger partial charge in [-0.2, -0.15) is 5.10 Å². The Hall–Kier alpha value is -2.37. The molecule has 110 valence electrons. The highest BCUT2D eigenvalue weighted by Gasteiger charge is 2.33. The van der Waals surface area contributed by atoms with Crippen molar-refractivity contribution in [3.05, 3.63) is 47.5 Å². The van der Waals surface area contributed by atoms with E-state index in [2.05, 4.69) is 10.1 Å². The second-order valence-electron chi connectivity index (χ2n) is 5.45. The normalized spacial score (nSPS) is 21.8. The molecule has 1 aliphatic heterocycles. The third-order valence-electron chi connectivity index (χ3n) is 3.70. The zero-order chi connectivity index (χ0) is 15.0. The maximum absolute atomic E-state index is 14.3. The Morgan fingerprint density at radius 3 is 2.90 bits per heavy atom. The fourth-order valence-corrected chi connectivity index (χ4v) is 2.50. The van der Waals surface area contributed by atoms with Crippen LogP contribution in [-0.2, 0) is 10.3 Å². The van der Waals surface area contributed by atoms with Crippen LogP contribution in [0.15, 0.2) is 35.6 Å². The van der Waals surface area contributed by atoms with Crippen LogP contribution in [0.1, 0.15) is 24.5 Å². The summed E-state index contributed by atoms with van der Waals surface area (Å²) in [6, 6.07) is 5.00. The summed E-state index contributed by atoms with van der Waals surface area (Å²) in [6.45, 7) is 4.24. The predicted molar refractivity (Wildman–Crippen MR) is 77.8 cm³/mol. The number of hydrogen-bond donors (Lipinski definition) is 1. The summed E-state index contributed by atoms with van der Waals surface area (Å²) in [7, 11) is 0. The number of nitrogens with zero attached hydrogens (tertiary/aromatic N) is 3. The lowest BCUT2D eigenvalue weighted by Crippen LogP contribution is -2.34. The van der Waals surface area contributed by atoms with Crippen LogP contribution >= 0.6 is 0 Å². The average Bonchev–Trinajstić information content (AvgIpc) is 2.85. The summed E-state index contributed by atoms with van der Waals surface area (Å²) in [5, 5.41) is 4.25. The van der Waals surface area contributed by atoms with Crippen LogP contribution in [0.4, 0.5) is 4.39 Å². The van der Waals surface area contributed by atoms with Crippen molar-refractivity contribution in [3.8, 4) is 5.69 Å². The molecule has 0 aliphatic carbocycles. The van der Waals surface area contributed by atoms with Crippen molar-refractivity contribution in [1.29, 1.82) is 0 Å². The molecule has 0 spiro atoms. The van der Waals surface area contributed by atoms with Gasteiger partial charge in [0.05, 0.1) is 24.0 Å². The number of hydrogen-bond acceptors (Lipinski definition) is 4. The van der Waals surface area contributed by atoms with E-state index < -0.39 is 5.54 Å². The van der Waals surface area contributed by atoms with Crippen LogP contribution in [-0.4, -0.2) is 22.4 Å². The highest BCUT2D eigenvalue weighted by atomic mass is 19.1. The molecule has 3 rings (SSSR count). The average molecular weight is 288 g/mol. The van der Waals surface area contributed by atoms with Gasteiger partial charge in [0, 0.05) is 18.2 Å². The third kappa shape index (κ3) is 2.49. The van der Waals surface area contributed by atoms with Gasteiger partial charge < -0.3 is 10.5 Å². The van der Waals surface area contributed by atoms with Crippen LogP contribution in [0.25, 0.3) is 5.69 Å². The number of amidine groups is 1. The van der Waals surface area contributed by atoms with Crippen LogP contribution < -0.4 is 5.73 Å². The standard InChI is InChI=1S/C15H17FN4O/c1-10-8-18-20(9-10)11-3-4-13(16)12(7-11)15(2)5-6-21-14(17)19-15/h3-4,7-9H,5-6H2,1-2H3,(H2,17,19)/t15-/m0/s1. The van der Waals surface area contributed by atoms with E-state index in [1.165, 1.54) is 6.07 Å². The summed E-state index contributed by atoms with van der Waals surface area (Å²) in [6.07, 6.45) is 4.22. The van der Waals surface area contributed by atoms with E-state index in [0.29, 0.717) is 18.6 Å². The van der Waals surface area contributed by atoms with Crippen molar-refractivity contribution in [1.82, 2.24) is 9.78 Å². The number of aliphatic imine (C=N–C) groups is 1. The SMILES string of the molecule is Cc1cnn(-c2ccc(F)c([C@]3(C)CCOC(N)=N3)c2)c1. The second-order valence-corrected chi connectivity index (χ2v) is 5.45. The summed E-state index contributed by atoms with van der Waals surface area (Å²) in [5.74, 6) is -0.302. The molecule has 0 saturated carbocycles. The number of halogens is 1. The van der Waals surface area contributed by atoms with Gasteiger partial charge in [0.25, 0.3) is 6.02 Å². The van der Waals surface area contributed by atoms with Crippen molar-refractivity contribution in [2.45, 2.75) is 25.8 Å². The van der Waals surface area contributed by atoms with Crippen LogP contribution in [0, 0.1) is 12.7 Å². The van der Waals surface area contributed by atoms with Gasteiger partial charge in [0.1, 0.15) is 5.82 Å². The zero-order valence-electron chi connectivity index (χ0n) is 12.0. The topological polar surface area (TPSA) is 65.4 Å². The number of nitrogens with two attached hydrogens (primary N) is 1. The number of aryl methyl sites for hydroxylation is 1. The van der Waals surface area contributed by atoms with Gasteiger partial charge in [-0.25, -0.2) is 14.1 Å². The minimum atomic E-state index is -0.718. The first-order valence-electron chi connectivity index (χ1n) is 6.78. The molecule has 2 aromatic rings. The molecule has 21 heavy (non-hydrogen) atoms. The van der Waals surface area contributed by atoms with Gasteiger partial charge in [-0.05, 0) is 37.6 Å². The van der Waals surface area contributed by atoms with E-state index in [-0.39, 0.29) is 11.8 Å². The number of benzene rings is 1. The molecule has 0 saturated heterocycles. The predicted octanol–water partition coefficient (Wildman–Crippen LogP) is 2.27. The van der Waals surface area contributed by atoms with Crippen molar-refractivity contribution < 1.29 is 9.13 Å². The monoisotopic (exact) mass is 288 g/mol. The van der Waals surface area contributed by atoms with Crippen LogP contribution in [0.3, 0.4) is 0 Å². The fraction of sp³-hybridized carbons (Fsp3) is 0.333. The minimum absolute atomic E-state index is 0.100. The smallest absolute Gasteiger partial charge is 0.282 e. The quantitative estimate of drug-likeness (QED) is 0.922. The zero-order valence-corrected chi connectivity index (χ0v) is 12.0. The van der Waals surface area contributed by atoms with Gasteiger partial charge in [0.15, 0.2) is 0 Å². The molecule has 6 heteroatoms. The van der Waals surface area contributed by atoms with Gasteiger partial charge in [-0.15, -0.1) is 0 Å². The van der Waals surface area contributed by atoms with Crippen molar-refractivity contribution in [2.24, 2.45) is 10.7 Å². The van der Waals surface area contributed by atoms with E-state index >= 15 is 0 Å². The molecule has 1 atom stereocenters. The molecule has 5 nitrogen and oxygen atoms in total. The lowest BCUT2D eigenvalue weighted by molar-refractivity contribution is 0.215. The van der Waals surface area contributed by atoms with Gasteiger partial charge >= 0.3 is 0 Å². The Bertz CT molecular complexity index is 709. The Labute approximate surface area is 122 Å². The largest absolute Gasteiger partial charge is 0.465 e. The molecular formula is C15H17FN4O. The molecule has 0 fully saturated rings. The van der Waals surface area contributed by atoms with E-state index in [0.717, 1.165) is 11.3 Å². The van der Waals surface area contributed by atoms with Gasteiger partial charge in [0.2, 0.25) is 0 Å². The number of rotatable bonds is 2. The maximum atomic E-state index is 14.3. The molecule has 2 N–H and O–H groups in total. The molecule has 1 aliphatic rings. The highest BCUT2D eigenvalue weighted by Crippen LogP contribution is 2.34. The Balaban J connectivity index is 2.08. The fourth-order valence-electron chi connectivity index (χ4n) is 2.50. The first kappa shape index (κ1) is 13.6. The van der Waals surface area contributed by atoms with Gasteiger partial charge in [-0.1, -0.05) is 0 Å². The molecule has 1 aromatic carbocycles. The van der Waals surface area contributed by atoms with E-state index in [1.807, 2.05) is 20.0 Å². The maximum Gasteiger partial charge on any atom is 0.282 e. The van der Waals surface area contributed by atoms with Crippen molar-refractivity contribution in [3.63, 3.8) is 0 Å². The third-order valence-corrected chi connectivity index (χ3v) is 3.70. The Morgan fingerprint density at radius 1 is 1.43 bits per heavy atom. The lowest BCUT2D eigenvalue weighted by atomic mass is 9.88. The Kier molecular flexibility index (Phi) is 3.16. The van der Waals surface area contributed by atoms with E-state index in [4.69, 9.17) is 10.5 Å². The van der Waals surface area contributed by atoms with Gasteiger partial charge in [-0.3, -0.25) is 0 Å². The minimum Gasteiger partial charge on any atom is -0.465 e. The molecule has 0 bridgehead atoms. The van der Waals surface area contributed by atoms with Crippen molar-refractivity contribution in [2.75, 3.05) is 6.61 Å². The molecule has 0 radical (unpaired) electrons. The molecular weight excluding hydrogens is 271 g/mol. The summed E-state index contributed by atoms with van der Waals surface area (Å²) >= 11 is 0. The number of aromatic nitrogens is 2. The summed E-state index contributed by atoms with van der Waals surface area (Å²) < 4.78 is 21.1. The molecule has 0 amide bonds. The second kappa shape index (κ2) is 4.87. The molecule has 0 unspecified atom stereocenters. The lowest BCUT2D eigenvalue weighted by Gasteiger charge is -2.30. The van der Waals surface area contributed by atoms with Crippen molar-refractivity contribution >= 4 is 6.02 Å². The molecule has 1 aromatic heterocycles. The summed E-state index contributed by atoms with van der Waals surface area (Å²) in [4.78, 5) is 4.29. The Morgan fingerprint density at radius 2 is 2.24 bits per heavy atom. The first-order valence-corrected chi connectivity index (χ1v) is 6.78. The molecule has 2 heterocycles. The van der Waals surface area contributed by atoms with Crippen LogP contribution in [0.5, 0.6) is 0 Å². The van der Waals surface area contributed by atoms with E-state index in [9.17, 15) is 4.39 Å². The van der Waals surface area contributed by atoms with Crippen LogP contribution in [0.2, 0.25) is 0 Å². The first-order chi connectivity index (χ1) is 9.98. The highest BCUT2D eigenvalue weighted by molar-refractivity contribution is 5.72. The summed E-state index contributed by atoms with van der Waals surface area (Å²) in [5.41, 5.74) is 7.25. The number of ether oxygens (including phenoxy) is 1. The van der Waals surface area contributed by atoms with E-state index in [1.54, 1.807) is 23.0 Å².